The van der Waals surface area contributed by atoms with Gasteiger partial charge in [-0.1, -0.05) is 0 Å². The van der Waals surface area contributed by atoms with Gasteiger partial charge in [-0.25, -0.2) is 4.39 Å². The Labute approximate surface area is 88.0 Å². The summed E-state index contributed by atoms with van der Waals surface area (Å²) in [6.45, 7) is 2.47. The maximum absolute atomic E-state index is 13.0. The largest absolute Gasteiger partial charge is 0.494 e. The second-order valence-corrected chi connectivity index (χ2v) is 2.83. The van der Waals surface area contributed by atoms with E-state index in [9.17, 15) is 4.39 Å². The lowest BCUT2D eigenvalue weighted by Gasteiger charge is -2.07. The second-order valence-electron chi connectivity index (χ2n) is 2.83. The number of nitrogens with two attached hydrogens (primary N) is 1. The van der Waals surface area contributed by atoms with Crippen molar-refractivity contribution in [1.82, 2.24) is 0 Å². The molecule has 15 heavy (non-hydrogen) atoms. The normalized spacial score (nSPS) is 11.3. The van der Waals surface area contributed by atoms with E-state index in [1.165, 1.54) is 19.2 Å². The Bertz CT molecular complexity index is 366. The number of hydrogen-bond donors (Lipinski definition) is 2. The molecule has 1 aromatic carbocycles. The van der Waals surface area contributed by atoms with E-state index in [0.29, 0.717) is 18.2 Å². The van der Waals surface area contributed by atoms with E-state index < -0.39 is 5.82 Å². The average molecular weight is 211 g/mol. The first kappa shape index (κ1) is 11.3. The Morgan fingerprint density at radius 1 is 1.60 bits per heavy atom. The van der Waals surface area contributed by atoms with Gasteiger partial charge in [-0.3, -0.25) is 4.99 Å². The van der Waals surface area contributed by atoms with Crippen molar-refractivity contribution in [2.45, 2.75) is 6.92 Å². The van der Waals surface area contributed by atoms with Crippen molar-refractivity contribution in [2.24, 2.45) is 10.7 Å². The fourth-order valence-electron chi connectivity index (χ4n) is 1.10. The molecule has 0 aliphatic heterocycles. The van der Waals surface area contributed by atoms with Gasteiger partial charge in [0.25, 0.3) is 0 Å². The van der Waals surface area contributed by atoms with Gasteiger partial charge in [0.2, 0.25) is 0 Å². The van der Waals surface area contributed by atoms with Crippen molar-refractivity contribution in [3.8, 4) is 5.75 Å². The summed E-state index contributed by atoms with van der Waals surface area (Å²) in [4.78, 5) is 3.95. The third-order valence-corrected chi connectivity index (χ3v) is 1.75. The molecular weight excluding hydrogens is 197 g/mol. The van der Waals surface area contributed by atoms with Crippen molar-refractivity contribution < 1.29 is 9.13 Å². The van der Waals surface area contributed by atoms with Gasteiger partial charge in [0, 0.05) is 18.3 Å². The van der Waals surface area contributed by atoms with Crippen LogP contribution >= 0.6 is 0 Å². The monoisotopic (exact) mass is 211 g/mol. The number of guanidine groups is 1. The minimum absolute atomic E-state index is 0.171. The molecule has 0 fully saturated rings. The van der Waals surface area contributed by atoms with E-state index in [0.717, 1.165) is 0 Å². The molecule has 0 unspecified atom stereocenters. The zero-order chi connectivity index (χ0) is 11.3. The summed E-state index contributed by atoms with van der Waals surface area (Å²) in [5.41, 5.74) is 6.19. The molecule has 0 bridgehead atoms. The van der Waals surface area contributed by atoms with Gasteiger partial charge in [0.15, 0.2) is 17.5 Å². The van der Waals surface area contributed by atoms with Gasteiger partial charge in [-0.15, -0.1) is 0 Å². The smallest absolute Gasteiger partial charge is 0.193 e. The zero-order valence-electron chi connectivity index (χ0n) is 8.75. The predicted octanol–water partition coefficient (Wildman–Crippen LogP) is 1.58. The van der Waals surface area contributed by atoms with Gasteiger partial charge in [0.05, 0.1) is 7.11 Å². The van der Waals surface area contributed by atoms with Crippen LogP contribution in [0.4, 0.5) is 10.1 Å². The Morgan fingerprint density at radius 3 is 2.93 bits per heavy atom. The number of nitrogens with one attached hydrogen (secondary N) is 1. The molecule has 0 saturated heterocycles. The van der Waals surface area contributed by atoms with Crippen molar-refractivity contribution in [3.05, 3.63) is 24.0 Å². The summed E-state index contributed by atoms with van der Waals surface area (Å²) in [7, 11) is 1.41. The molecule has 4 nitrogen and oxygen atoms in total. The molecule has 0 heterocycles. The van der Waals surface area contributed by atoms with Crippen molar-refractivity contribution >= 4 is 11.6 Å². The van der Waals surface area contributed by atoms with Crippen LogP contribution in [-0.2, 0) is 0 Å². The summed E-state index contributed by atoms with van der Waals surface area (Å²) in [6.07, 6.45) is 0. The zero-order valence-corrected chi connectivity index (χ0v) is 8.75. The summed E-state index contributed by atoms with van der Waals surface area (Å²) in [5.74, 6) is 0.0597. The molecule has 0 radical (unpaired) electrons. The lowest BCUT2D eigenvalue weighted by molar-refractivity contribution is 0.387. The SMILES string of the molecule is CCN=C(N)Nc1ccc(F)c(OC)c1. The van der Waals surface area contributed by atoms with E-state index in [-0.39, 0.29) is 5.75 Å². The molecule has 3 N–H and O–H groups in total. The number of rotatable bonds is 3. The number of ether oxygens (including phenoxy) is 1. The van der Waals surface area contributed by atoms with Crippen LogP contribution in [0.2, 0.25) is 0 Å². The van der Waals surface area contributed by atoms with Crippen LogP contribution in [0, 0.1) is 5.82 Å². The van der Waals surface area contributed by atoms with E-state index in [1.54, 1.807) is 6.07 Å². The number of benzene rings is 1. The fourth-order valence-corrected chi connectivity index (χ4v) is 1.10. The maximum atomic E-state index is 13.0. The van der Waals surface area contributed by atoms with Crippen molar-refractivity contribution in [3.63, 3.8) is 0 Å². The molecule has 0 aromatic heterocycles. The Balaban J connectivity index is 2.83. The third-order valence-electron chi connectivity index (χ3n) is 1.75. The molecular formula is C10H14FN3O. The number of aliphatic imine (C=N–C) groups is 1. The van der Waals surface area contributed by atoms with E-state index in [2.05, 4.69) is 10.3 Å². The highest BCUT2D eigenvalue weighted by molar-refractivity contribution is 5.92. The third kappa shape index (κ3) is 3.12. The number of methoxy groups -OCH3 is 1. The maximum Gasteiger partial charge on any atom is 0.193 e. The van der Waals surface area contributed by atoms with Crippen LogP contribution in [0.15, 0.2) is 23.2 Å². The molecule has 1 aromatic rings. The number of hydrogen-bond acceptors (Lipinski definition) is 2. The predicted molar refractivity (Wildman–Crippen MR) is 58.7 cm³/mol. The average Bonchev–Trinajstić information content (AvgIpc) is 2.21. The molecule has 1 rings (SSSR count). The molecule has 0 aliphatic carbocycles. The Kier molecular flexibility index (Phi) is 3.91. The quantitative estimate of drug-likeness (QED) is 0.589. The van der Waals surface area contributed by atoms with Crippen molar-refractivity contribution in [1.29, 1.82) is 0 Å². The number of halogens is 1. The highest BCUT2D eigenvalue weighted by Gasteiger charge is 2.03. The van der Waals surface area contributed by atoms with Gasteiger partial charge in [-0.2, -0.15) is 0 Å². The standard InChI is InChI=1S/C10H14FN3O/c1-3-13-10(12)14-7-4-5-8(11)9(6-7)15-2/h4-6H,3H2,1-2H3,(H3,12,13,14). The topological polar surface area (TPSA) is 59.6 Å². The number of nitrogens with zero attached hydrogens (tertiary/aromatic N) is 1. The lowest BCUT2D eigenvalue weighted by Crippen LogP contribution is -2.22. The highest BCUT2D eigenvalue weighted by atomic mass is 19.1. The van der Waals surface area contributed by atoms with E-state index in [4.69, 9.17) is 10.5 Å². The molecule has 82 valence electrons. The molecule has 5 heteroatoms. The molecule has 0 spiro atoms. The second kappa shape index (κ2) is 5.19. The van der Waals surface area contributed by atoms with E-state index in [1.807, 2.05) is 6.92 Å². The highest BCUT2D eigenvalue weighted by Crippen LogP contribution is 2.21. The van der Waals surface area contributed by atoms with Crippen LogP contribution in [0.3, 0.4) is 0 Å². The van der Waals surface area contributed by atoms with Crippen LogP contribution in [-0.4, -0.2) is 19.6 Å². The van der Waals surface area contributed by atoms with Crippen LogP contribution < -0.4 is 15.8 Å². The first-order chi connectivity index (χ1) is 7.17. The Hall–Kier alpha value is -1.78. The lowest BCUT2D eigenvalue weighted by atomic mass is 10.3. The van der Waals surface area contributed by atoms with Gasteiger partial charge >= 0.3 is 0 Å². The van der Waals surface area contributed by atoms with E-state index >= 15 is 0 Å². The molecule has 0 amide bonds. The number of anilines is 1. The van der Waals surface area contributed by atoms with Gasteiger partial charge < -0.3 is 15.8 Å². The van der Waals surface area contributed by atoms with Crippen LogP contribution in [0.1, 0.15) is 6.92 Å². The summed E-state index contributed by atoms with van der Waals surface area (Å²) >= 11 is 0. The summed E-state index contributed by atoms with van der Waals surface area (Å²) < 4.78 is 17.9. The summed E-state index contributed by atoms with van der Waals surface area (Å²) in [5, 5.41) is 2.83. The minimum Gasteiger partial charge on any atom is -0.494 e. The van der Waals surface area contributed by atoms with Gasteiger partial charge in [-0.05, 0) is 19.1 Å². The first-order valence-corrected chi connectivity index (χ1v) is 4.58. The van der Waals surface area contributed by atoms with Crippen LogP contribution in [0.25, 0.3) is 0 Å². The molecule has 0 aliphatic rings. The molecule has 0 saturated carbocycles. The minimum atomic E-state index is -0.408. The van der Waals surface area contributed by atoms with Gasteiger partial charge in [0.1, 0.15) is 0 Å². The van der Waals surface area contributed by atoms with Crippen LogP contribution in [0.5, 0.6) is 5.75 Å². The molecule has 0 atom stereocenters. The van der Waals surface area contributed by atoms with Crippen molar-refractivity contribution in [2.75, 3.05) is 19.0 Å². The summed E-state index contributed by atoms with van der Waals surface area (Å²) in [6, 6.07) is 4.39. The fraction of sp³-hybridized carbons (Fsp3) is 0.300. The Morgan fingerprint density at radius 2 is 2.33 bits per heavy atom. The first-order valence-electron chi connectivity index (χ1n) is 4.58.